The van der Waals surface area contributed by atoms with Crippen LogP contribution in [0.15, 0.2) is 0 Å². The van der Waals surface area contributed by atoms with E-state index in [4.69, 9.17) is 0 Å². The van der Waals surface area contributed by atoms with Crippen molar-refractivity contribution in [2.24, 2.45) is 0 Å². The molecule has 76 valence electrons. The third-order valence-corrected chi connectivity index (χ3v) is 1.78. The lowest BCUT2D eigenvalue weighted by molar-refractivity contribution is -0.131. The van der Waals surface area contributed by atoms with Crippen molar-refractivity contribution in [2.45, 2.75) is 13.9 Å². The zero-order chi connectivity index (χ0) is 10.6. The van der Waals surface area contributed by atoms with Gasteiger partial charge in [0.1, 0.15) is 0 Å². The molecule has 0 N–H and O–H groups in total. The third kappa shape index (κ3) is 8.53. The lowest BCUT2D eigenvalue weighted by atomic mass is 10.4. The van der Waals surface area contributed by atoms with E-state index in [0.717, 1.165) is 3.93 Å². The number of rotatable bonds is 0. The van der Waals surface area contributed by atoms with Gasteiger partial charge < -0.3 is 0 Å². The number of hydrogen-bond donors (Lipinski definition) is 0. The van der Waals surface area contributed by atoms with Crippen LogP contribution < -0.4 is 0 Å². The molecular weight excluding hydrogens is 506 g/mol. The van der Waals surface area contributed by atoms with Crippen molar-refractivity contribution in [3.63, 3.8) is 0 Å². The molecule has 1 fully saturated rings. The van der Waals surface area contributed by atoms with E-state index in [1.165, 1.54) is 0 Å². The monoisotopic (exact) mass is 505 g/mol. The molecule has 1 aliphatic heterocycles. The van der Waals surface area contributed by atoms with Gasteiger partial charge in [0.15, 0.2) is 1.05 Å². The molecule has 0 aromatic carbocycles. The average Bonchev–Trinajstić information content (AvgIpc) is 2.16. The van der Waals surface area contributed by atoms with E-state index in [9.17, 15) is 9.59 Å². The van der Waals surface area contributed by atoms with Crippen molar-refractivity contribution in [1.82, 2.24) is 3.93 Å². The van der Waals surface area contributed by atoms with Crippen LogP contribution in [-0.4, -0.2) is 16.8 Å². The summed E-state index contributed by atoms with van der Waals surface area (Å²) in [5.74, 6) is -0.287. The zero-order valence-electron chi connectivity index (χ0n) is 6.07. The Bertz CT molecular complexity index is 191. The molecule has 0 atom stereocenters. The summed E-state index contributed by atoms with van der Waals surface area (Å²) < 4.78 is 0.729. The van der Waals surface area contributed by atoms with Gasteiger partial charge in [-0.25, -0.2) is 3.93 Å². The Labute approximate surface area is 118 Å². The quantitative estimate of drug-likeness (QED) is 0.284. The molecule has 1 heterocycles. The highest BCUT2D eigenvalue weighted by atomic mass is 80.0. The van der Waals surface area contributed by atoms with Gasteiger partial charge in [-0.1, -0.05) is 0 Å². The van der Waals surface area contributed by atoms with E-state index in [-0.39, 0.29) is 12.9 Å². The SMILES string of the molecule is BrC(Br)(Br)Br.O=C1CCC(=O)N1Br. The van der Waals surface area contributed by atoms with Gasteiger partial charge in [-0.2, -0.15) is 0 Å². The van der Waals surface area contributed by atoms with Crippen LogP contribution in [0.25, 0.3) is 0 Å². The molecule has 0 aliphatic carbocycles. The molecule has 0 radical (unpaired) electrons. The number of alkyl halides is 4. The standard InChI is InChI=1S/C4H4BrNO2.CBr4/c5-6-3(7)1-2-4(6)8;2-1(3,4)5/h1-2H2;. The first-order valence-corrected chi connectivity index (χ1v) is 6.87. The van der Waals surface area contributed by atoms with Crippen LogP contribution in [0.1, 0.15) is 12.8 Å². The van der Waals surface area contributed by atoms with E-state index in [2.05, 4.69) is 79.9 Å². The van der Waals surface area contributed by atoms with Crippen LogP contribution in [0.5, 0.6) is 0 Å². The van der Waals surface area contributed by atoms with E-state index in [0.29, 0.717) is 12.8 Å². The second kappa shape index (κ2) is 6.19. The molecule has 0 aromatic rings. The van der Waals surface area contributed by atoms with Crippen molar-refractivity contribution >= 4 is 91.7 Å². The molecule has 0 bridgehead atoms. The van der Waals surface area contributed by atoms with E-state index in [1.807, 2.05) is 0 Å². The number of hydrogen-bond acceptors (Lipinski definition) is 2. The fourth-order valence-electron chi connectivity index (χ4n) is 0.549. The summed E-state index contributed by atoms with van der Waals surface area (Å²) >= 11 is 15.3. The molecule has 0 spiro atoms. The smallest absolute Gasteiger partial charge is 0.239 e. The van der Waals surface area contributed by atoms with Crippen molar-refractivity contribution in [1.29, 1.82) is 0 Å². The van der Waals surface area contributed by atoms with Gasteiger partial charge in [0.05, 0.1) is 16.1 Å². The topological polar surface area (TPSA) is 37.4 Å². The normalized spacial score (nSPS) is 17.2. The highest BCUT2D eigenvalue weighted by Crippen LogP contribution is 2.39. The molecule has 1 rings (SSSR count). The van der Waals surface area contributed by atoms with Crippen LogP contribution in [0, 0.1) is 0 Å². The summed E-state index contributed by atoms with van der Waals surface area (Å²) in [6, 6.07) is 0. The van der Waals surface area contributed by atoms with Gasteiger partial charge in [0.25, 0.3) is 0 Å². The maximum Gasteiger partial charge on any atom is 0.239 e. The van der Waals surface area contributed by atoms with Crippen molar-refractivity contribution in [2.75, 3.05) is 0 Å². The summed E-state index contributed by atoms with van der Waals surface area (Å²) in [6.07, 6.45) is 0.703. The number of imide groups is 1. The number of nitrogens with zero attached hydrogens (tertiary/aromatic N) is 1. The fourth-order valence-corrected chi connectivity index (χ4v) is 0.904. The molecule has 2 amide bonds. The third-order valence-electron chi connectivity index (χ3n) is 0.991. The first-order chi connectivity index (χ1) is 5.72. The Balaban J connectivity index is 0.000000252. The number of halogens is 5. The van der Waals surface area contributed by atoms with Crippen LogP contribution in [0.4, 0.5) is 0 Å². The average molecular weight is 510 g/mol. The van der Waals surface area contributed by atoms with Crippen LogP contribution in [0.2, 0.25) is 0 Å². The lowest BCUT2D eigenvalue weighted by Crippen LogP contribution is -2.16. The van der Waals surface area contributed by atoms with Crippen molar-refractivity contribution < 1.29 is 9.59 Å². The number of amides is 2. The molecular formula is C5H4Br5NO2. The lowest BCUT2D eigenvalue weighted by Gasteiger charge is -1.97. The number of carbonyl (C=O) groups excluding carboxylic acids is 2. The summed E-state index contributed by atoms with van der Waals surface area (Å²) in [6.45, 7) is 0. The maximum absolute atomic E-state index is 10.4. The molecule has 0 saturated carbocycles. The van der Waals surface area contributed by atoms with E-state index in [1.54, 1.807) is 0 Å². The first-order valence-electron chi connectivity index (χ1n) is 2.99. The Morgan fingerprint density at radius 3 is 1.31 bits per heavy atom. The van der Waals surface area contributed by atoms with E-state index < -0.39 is 0 Å². The Morgan fingerprint density at radius 2 is 1.23 bits per heavy atom. The maximum atomic E-state index is 10.4. The van der Waals surface area contributed by atoms with Crippen molar-refractivity contribution in [3.8, 4) is 0 Å². The first kappa shape index (κ1) is 14.5. The van der Waals surface area contributed by atoms with Gasteiger partial charge in [-0.15, -0.1) is 0 Å². The van der Waals surface area contributed by atoms with Crippen LogP contribution in [-0.2, 0) is 9.59 Å². The second-order valence-electron chi connectivity index (χ2n) is 2.00. The zero-order valence-corrected chi connectivity index (χ0v) is 14.0. The molecule has 0 unspecified atom stereocenters. The summed E-state index contributed by atoms with van der Waals surface area (Å²) in [7, 11) is 0. The molecule has 1 aliphatic rings. The van der Waals surface area contributed by atoms with Gasteiger partial charge in [-0.05, 0) is 63.7 Å². The minimum Gasteiger partial charge on any atom is -0.274 e. The molecule has 0 aromatic heterocycles. The van der Waals surface area contributed by atoms with Gasteiger partial charge >= 0.3 is 0 Å². The Kier molecular flexibility index (Phi) is 6.93. The summed E-state index contributed by atoms with van der Waals surface area (Å²) in [5, 5.41) is 0. The second-order valence-corrected chi connectivity index (χ2v) is 13.8. The van der Waals surface area contributed by atoms with Gasteiger partial charge in [0, 0.05) is 12.8 Å². The van der Waals surface area contributed by atoms with Crippen LogP contribution in [0.3, 0.4) is 0 Å². The van der Waals surface area contributed by atoms with Gasteiger partial charge in [0.2, 0.25) is 11.8 Å². The molecule has 13 heavy (non-hydrogen) atoms. The Morgan fingerprint density at radius 1 is 1.00 bits per heavy atom. The highest BCUT2D eigenvalue weighted by molar-refractivity contribution is 9.52. The molecule has 3 nitrogen and oxygen atoms in total. The summed E-state index contributed by atoms with van der Waals surface area (Å²) in [4.78, 5) is 20.9. The molecule has 1 saturated heterocycles. The number of carbonyl (C=O) groups is 2. The largest absolute Gasteiger partial charge is 0.274 e. The van der Waals surface area contributed by atoms with Gasteiger partial charge in [-0.3, -0.25) is 9.59 Å². The highest BCUT2D eigenvalue weighted by Gasteiger charge is 2.26. The summed E-state index contributed by atoms with van der Waals surface area (Å²) in [5.41, 5.74) is 0. The van der Waals surface area contributed by atoms with Crippen molar-refractivity contribution in [3.05, 3.63) is 0 Å². The minimum atomic E-state index is -0.250. The molecule has 8 heteroatoms. The van der Waals surface area contributed by atoms with E-state index >= 15 is 0 Å². The Hall–Kier alpha value is 1.54. The fraction of sp³-hybridized carbons (Fsp3) is 0.600. The predicted octanol–water partition coefficient (Wildman–Crippen LogP) is 3.62. The van der Waals surface area contributed by atoms with Crippen LogP contribution >= 0.6 is 79.9 Å². The predicted molar refractivity (Wildman–Crippen MR) is 68.5 cm³/mol. The minimum absolute atomic E-state index is 0.144.